The molecule has 0 aliphatic rings. The van der Waals surface area contributed by atoms with Crippen molar-refractivity contribution in [1.29, 1.82) is 0 Å². The molecule has 0 saturated carbocycles. The van der Waals surface area contributed by atoms with Gasteiger partial charge in [-0.3, -0.25) is 0 Å². The smallest absolute Gasteiger partial charge is 0.0674 e. The first kappa shape index (κ1) is 15.5. The molecule has 1 aromatic rings. The number of hydrogen-bond acceptors (Lipinski definition) is 3. The van der Waals surface area contributed by atoms with Gasteiger partial charge in [-0.1, -0.05) is 43.7 Å². The number of thioether (sulfide) groups is 1. The molecule has 2 nitrogen and oxygen atoms in total. The summed E-state index contributed by atoms with van der Waals surface area (Å²) in [5.74, 6) is 2.30. The minimum absolute atomic E-state index is 0.141. The van der Waals surface area contributed by atoms with E-state index in [2.05, 4.69) is 24.4 Å². The van der Waals surface area contributed by atoms with Crippen molar-refractivity contribution in [2.45, 2.75) is 31.7 Å². The number of likely N-dealkylation sites (N-methyl/N-ethyl adjacent to an activating group) is 1. The molecule has 1 atom stereocenters. The van der Waals surface area contributed by atoms with Gasteiger partial charge in [0.05, 0.1) is 12.1 Å². The first-order chi connectivity index (χ1) is 8.79. The molecule has 3 heteroatoms. The quantitative estimate of drug-likeness (QED) is 0.675. The van der Waals surface area contributed by atoms with Crippen molar-refractivity contribution in [2.24, 2.45) is 0 Å². The van der Waals surface area contributed by atoms with E-state index in [4.69, 9.17) is 0 Å². The van der Waals surface area contributed by atoms with Gasteiger partial charge in [0.15, 0.2) is 0 Å². The Bertz CT molecular complexity index is 312. The molecular formula is C15H25NOS. The number of unbranched alkanes of at least 4 members (excludes halogenated alkanes) is 1. The average Bonchev–Trinajstić information content (AvgIpc) is 2.44. The minimum atomic E-state index is -0.291. The second kappa shape index (κ2) is 8.57. The van der Waals surface area contributed by atoms with Crippen LogP contribution >= 0.6 is 11.8 Å². The van der Waals surface area contributed by atoms with Crippen molar-refractivity contribution in [3.63, 3.8) is 0 Å². The molecule has 0 amide bonds. The van der Waals surface area contributed by atoms with Gasteiger partial charge in [0.25, 0.3) is 0 Å². The van der Waals surface area contributed by atoms with E-state index >= 15 is 0 Å². The van der Waals surface area contributed by atoms with E-state index in [-0.39, 0.29) is 12.1 Å². The van der Waals surface area contributed by atoms with Gasteiger partial charge < -0.3 is 10.4 Å². The molecule has 2 N–H and O–H groups in total. The molecule has 0 saturated heterocycles. The van der Waals surface area contributed by atoms with E-state index in [1.165, 1.54) is 24.2 Å². The molecule has 102 valence electrons. The summed E-state index contributed by atoms with van der Waals surface area (Å²) in [4.78, 5) is 0. The molecular weight excluding hydrogens is 242 g/mol. The highest BCUT2D eigenvalue weighted by atomic mass is 32.2. The van der Waals surface area contributed by atoms with Gasteiger partial charge in [0.1, 0.15) is 0 Å². The second-order valence-electron chi connectivity index (χ2n) is 4.57. The first-order valence-corrected chi connectivity index (χ1v) is 7.87. The van der Waals surface area contributed by atoms with E-state index in [1.54, 1.807) is 0 Å². The van der Waals surface area contributed by atoms with Gasteiger partial charge in [-0.2, -0.15) is 11.8 Å². The van der Waals surface area contributed by atoms with E-state index < -0.39 is 0 Å². The fourth-order valence-electron chi connectivity index (χ4n) is 2.02. The number of benzene rings is 1. The predicted octanol–water partition coefficient (Wildman–Crippen LogP) is 3.02. The molecule has 0 bridgehead atoms. The summed E-state index contributed by atoms with van der Waals surface area (Å²) in [5, 5.41) is 13.1. The lowest BCUT2D eigenvalue weighted by atomic mass is 9.88. The van der Waals surface area contributed by atoms with Crippen molar-refractivity contribution in [1.82, 2.24) is 5.32 Å². The Labute approximate surface area is 115 Å². The molecule has 0 radical (unpaired) electrons. The van der Waals surface area contributed by atoms with E-state index in [0.29, 0.717) is 0 Å². The third-order valence-electron chi connectivity index (χ3n) is 3.39. The Morgan fingerprint density at radius 2 is 1.94 bits per heavy atom. The normalized spacial score (nSPS) is 14.4. The van der Waals surface area contributed by atoms with E-state index in [1.807, 2.05) is 37.0 Å². The molecule has 0 aliphatic heterocycles. The Balaban J connectivity index is 2.58. The van der Waals surface area contributed by atoms with Crippen LogP contribution in [0.5, 0.6) is 0 Å². The lowest BCUT2D eigenvalue weighted by molar-refractivity contribution is 0.165. The maximum absolute atomic E-state index is 9.76. The number of aliphatic hydroxyl groups is 1. The predicted molar refractivity (Wildman–Crippen MR) is 81.1 cm³/mol. The molecule has 1 unspecified atom stereocenters. The molecule has 0 heterocycles. The minimum Gasteiger partial charge on any atom is -0.394 e. The largest absolute Gasteiger partial charge is 0.394 e. The zero-order chi connectivity index (χ0) is 13.3. The highest BCUT2D eigenvalue weighted by molar-refractivity contribution is 7.99. The van der Waals surface area contributed by atoms with Gasteiger partial charge in [-0.05, 0) is 37.0 Å². The summed E-state index contributed by atoms with van der Waals surface area (Å²) >= 11 is 1.98. The van der Waals surface area contributed by atoms with Crippen LogP contribution in [0.4, 0.5) is 0 Å². The summed E-state index contributed by atoms with van der Waals surface area (Å²) in [6, 6.07) is 10.2. The van der Waals surface area contributed by atoms with Crippen LogP contribution in [0.3, 0.4) is 0 Å². The van der Waals surface area contributed by atoms with E-state index in [0.717, 1.165) is 12.2 Å². The standard InChI is InChI=1S/C15H25NOS/c1-3-4-11-18-12-10-15(13-17,16-2)14-8-6-5-7-9-14/h5-9,16-17H,3-4,10-13H2,1-2H3. The fourth-order valence-corrected chi connectivity index (χ4v) is 3.20. The van der Waals surface area contributed by atoms with Gasteiger partial charge in [0.2, 0.25) is 0 Å². The topological polar surface area (TPSA) is 32.3 Å². The molecule has 1 aromatic carbocycles. The average molecular weight is 267 g/mol. The van der Waals surface area contributed by atoms with Crippen LogP contribution in [0.25, 0.3) is 0 Å². The lowest BCUT2D eigenvalue weighted by Crippen LogP contribution is -2.44. The monoisotopic (exact) mass is 267 g/mol. The van der Waals surface area contributed by atoms with Crippen molar-refractivity contribution in [3.8, 4) is 0 Å². The second-order valence-corrected chi connectivity index (χ2v) is 5.80. The Morgan fingerprint density at radius 1 is 1.22 bits per heavy atom. The molecule has 0 spiro atoms. The zero-order valence-corrected chi connectivity index (χ0v) is 12.3. The Hall–Kier alpha value is -0.510. The lowest BCUT2D eigenvalue weighted by Gasteiger charge is -2.32. The van der Waals surface area contributed by atoms with Gasteiger partial charge in [-0.15, -0.1) is 0 Å². The van der Waals surface area contributed by atoms with Crippen LogP contribution in [-0.4, -0.2) is 30.3 Å². The third kappa shape index (κ3) is 4.30. The van der Waals surface area contributed by atoms with Gasteiger partial charge in [0, 0.05) is 0 Å². The summed E-state index contributed by atoms with van der Waals surface area (Å²) in [6.45, 7) is 2.36. The summed E-state index contributed by atoms with van der Waals surface area (Å²) < 4.78 is 0. The molecule has 0 aliphatic carbocycles. The van der Waals surface area contributed by atoms with Crippen LogP contribution in [0.1, 0.15) is 31.7 Å². The number of rotatable bonds is 9. The van der Waals surface area contributed by atoms with Gasteiger partial charge >= 0.3 is 0 Å². The van der Waals surface area contributed by atoms with Crippen molar-refractivity contribution >= 4 is 11.8 Å². The maximum atomic E-state index is 9.76. The highest BCUT2D eigenvalue weighted by Gasteiger charge is 2.28. The van der Waals surface area contributed by atoms with Crippen LogP contribution in [0.15, 0.2) is 30.3 Å². The van der Waals surface area contributed by atoms with Crippen LogP contribution in [0, 0.1) is 0 Å². The maximum Gasteiger partial charge on any atom is 0.0674 e. The highest BCUT2D eigenvalue weighted by Crippen LogP contribution is 2.26. The molecule has 18 heavy (non-hydrogen) atoms. The third-order valence-corrected chi connectivity index (χ3v) is 4.46. The summed E-state index contributed by atoms with van der Waals surface area (Å²) in [7, 11) is 1.93. The Kier molecular flexibility index (Phi) is 7.40. The van der Waals surface area contributed by atoms with Crippen LogP contribution in [0.2, 0.25) is 0 Å². The fraction of sp³-hybridized carbons (Fsp3) is 0.600. The molecule has 0 aromatic heterocycles. The number of nitrogens with one attached hydrogen (secondary N) is 1. The summed E-state index contributed by atoms with van der Waals surface area (Å²) in [5.41, 5.74) is 0.881. The van der Waals surface area contributed by atoms with Crippen LogP contribution in [-0.2, 0) is 5.54 Å². The zero-order valence-electron chi connectivity index (χ0n) is 11.5. The molecule has 0 fully saturated rings. The van der Waals surface area contributed by atoms with Crippen molar-refractivity contribution in [2.75, 3.05) is 25.2 Å². The van der Waals surface area contributed by atoms with Crippen LogP contribution < -0.4 is 5.32 Å². The summed E-state index contributed by atoms with van der Waals surface area (Å²) in [6.07, 6.45) is 3.49. The molecule has 1 rings (SSSR count). The van der Waals surface area contributed by atoms with Crippen molar-refractivity contribution in [3.05, 3.63) is 35.9 Å². The first-order valence-electron chi connectivity index (χ1n) is 6.72. The van der Waals surface area contributed by atoms with Gasteiger partial charge in [-0.25, -0.2) is 0 Å². The number of hydrogen-bond donors (Lipinski definition) is 2. The Morgan fingerprint density at radius 3 is 2.50 bits per heavy atom. The van der Waals surface area contributed by atoms with E-state index in [9.17, 15) is 5.11 Å². The SMILES string of the molecule is CCCCSCCC(CO)(NC)c1ccccc1. The number of aliphatic hydroxyl groups excluding tert-OH is 1. The van der Waals surface area contributed by atoms with Crippen molar-refractivity contribution < 1.29 is 5.11 Å².